The number of fused-ring (bicyclic) bond motifs is 8. The number of piperazine rings is 1. The third-order valence-electron chi connectivity index (χ3n) is 7.89. The summed E-state index contributed by atoms with van der Waals surface area (Å²) in [7, 11) is 0. The summed E-state index contributed by atoms with van der Waals surface area (Å²) in [6, 6.07) is 22.9. The fourth-order valence-corrected chi connectivity index (χ4v) is 5.66. The van der Waals surface area contributed by atoms with Gasteiger partial charge in [0.15, 0.2) is 0 Å². The zero-order chi connectivity index (χ0) is 28.3. The van der Waals surface area contributed by atoms with Gasteiger partial charge in [-0.2, -0.15) is 0 Å². The molecule has 4 aromatic rings. The molecule has 8 bridgehead atoms. The summed E-state index contributed by atoms with van der Waals surface area (Å²) in [5.41, 5.74) is 9.80. The largest absolute Gasteiger partial charge is 0.492 e. The quantitative estimate of drug-likeness (QED) is 0.246. The lowest BCUT2D eigenvalue weighted by molar-refractivity contribution is 0.102. The molecule has 0 atom stereocenters. The summed E-state index contributed by atoms with van der Waals surface area (Å²) >= 11 is 0. The molecule has 1 aromatic carbocycles. The van der Waals surface area contributed by atoms with Crippen molar-refractivity contribution in [2.24, 2.45) is 0 Å². The lowest BCUT2D eigenvalue weighted by atomic mass is 10.1. The number of aromatic amines is 2. The summed E-state index contributed by atoms with van der Waals surface area (Å²) < 4.78 is 6.10. The van der Waals surface area contributed by atoms with Crippen molar-refractivity contribution >= 4 is 46.4 Å². The van der Waals surface area contributed by atoms with Gasteiger partial charge in [-0.15, -0.1) is 0 Å². The van der Waals surface area contributed by atoms with Crippen molar-refractivity contribution in [1.82, 2.24) is 29.7 Å². The van der Waals surface area contributed by atoms with Gasteiger partial charge in [-0.3, -0.25) is 9.80 Å². The zero-order valence-electron chi connectivity index (χ0n) is 23.5. The van der Waals surface area contributed by atoms with Gasteiger partial charge in [0, 0.05) is 66.9 Å². The Balaban J connectivity index is 1.15. The van der Waals surface area contributed by atoms with Crippen LogP contribution >= 0.6 is 0 Å². The van der Waals surface area contributed by atoms with Gasteiger partial charge in [-0.05, 0) is 84.5 Å². The second-order valence-corrected chi connectivity index (χ2v) is 10.9. The van der Waals surface area contributed by atoms with Gasteiger partial charge in [0.25, 0.3) is 0 Å². The van der Waals surface area contributed by atoms with E-state index in [-0.39, 0.29) is 6.61 Å². The molecule has 8 nitrogen and oxygen atoms in total. The van der Waals surface area contributed by atoms with Crippen LogP contribution in [0.4, 0.5) is 0 Å². The van der Waals surface area contributed by atoms with Crippen LogP contribution in [0.25, 0.3) is 57.5 Å². The minimum Gasteiger partial charge on any atom is -0.492 e. The summed E-state index contributed by atoms with van der Waals surface area (Å²) in [6.07, 6.45) is 8.09. The molecule has 0 spiro atoms. The van der Waals surface area contributed by atoms with E-state index in [4.69, 9.17) is 19.8 Å². The Bertz CT molecular complexity index is 1790. The molecule has 8 heteroatoms. The van der Waals surface area contributed by atoms with Gasteiger partial charge in [-0.1, -0.05) is 12.1 Å². The minimum atomic E-state index is 0.228. The highest BCUT2D eigenvalue weighted by Gasteiger charge is 2.16. The second kappa shape index (κ2) is 11.8. The highest BCUT2D eigenvalue weighted by molar-refractivity contribution is 5.88. The first kappa shape index (κ1) is 26.4. The van der Waals surface area contributed by atoms with Crippen molar-refractivity contribution in [1.29, 1.82) is 0 Å². The van der Waals surface area contributed by atoms with E-state index >= 15 is 0 Å². The zero-order valence-corrected chi connectivity index (χ0v) is 23.5. The maximum absolute atomic E-state index is 9.14. The van der Waals surface area contributed by atoms with Crippen LogP contribution in [0.3, 0.4) is 0 Å². The molecule has 6 heterocycles. The Labute approximate surface area is 244 Å². The molecule has 212 valence electrons. The number of aliphatic hydroxyl groups excluding tert-OH is 1. The van der Waals surface area contributed by atoms with Crippen molar-refractivity contribution in [3.05, 3.63) is 89.5 Å². The molecule has 3 aromatic heterocycles. The molecule has 1 saturated heterocycles. The van der Waals surface area contributed by atoms with Crippen molar-refractivity contribution in [2.45, 2.75) is 0 Å². The topological polar surface area (TPSA) is 93.3 Å². The van der Waals surface area contributed by atoms with Crippen molar-refractivity contribution < 1.29 is 9.84 Å². The highest BCUT2D eigenvalue weighted by atomic mass is 16.5. The average Bonchev–Trinajstić information content (AvgIpc) is 3.80. The first-order valence-electron chi connectivity index (χ1n) is 14.5. The molecule has 0 amide bonds. The molecule has 0 radical (unpaired) electrons. The Kier molecular flexibility index (Phi) is 7.40. The fraction of sp³-hybridized carbons (Fsp3) is 0.235. The van der Waals surface area contributed by atoms with E-state index in [2.05, 4.69) is 62.2 Å². The Morgan fingerprint density at radius 3 is 1.95 bits per heavy atom. The summed E-state index contributed by atoms with van der Waals surface area (Å²) in [4.78, 5) is 21.3. The fourth-order valence-electron chi connectivity index (χ4n) is 5.66. The van der Waals surface area contributed by atoms with E-state index in [0.29, 0.717) is 6.61 Å². The number of ether oxygens (including phenoxy) is 1. The van der Waals surface area contributed by atoms with E-state index in [9.17, 15) is 0 Å². The number of nitrogens with zero attached hydrogens (tertiary/aromatic N) is 4. The molecule has 3 aliphatic heterocycles. The molecule has 42 heavy (non-hydrogen) atoms. The average molecular weight is 559 g/mol. The molecular weight excluding hydrogens is 524 g/mol. The lowest BCUT2D eigenvalue weighted by Gasteiger charge is -2.34. The SMILES string of the molecule is OCCN1CCN(CCOc2ccc(-c3cc4cc5ccc(cc6nc(cc7nc(cc3[nH]4)C=C7)C=C6)[nH]5)cc2)CC1. The summed E-state index contributed by atoms with van der Waals surface area (Å²) in [5.74, 6) is 0.869. The molecule has 3 aliphatic rings. The van der Waals surface area contributed by atoms with Gasteiger partial charge in [0.05, 0.1) is 29.4 Å². The molecule has 3 N–H and O–H groups in total. The summed E-state index contributed by atoms with van der Waals surface area (Å²) in [6.45, 7) is 6.57. The molecule has 0 aliphatic carbocycles. The molecular formula is C34H34N6O2. The smallest absolute Gasteiger partial charge is 0.119 e. The van der Waals surface area contributed by atoms with Gasteiger partial charge < -0.3 is 19.8 Å². The Hall–Kier alpha value is -4.50. The van der Waals surface area contributed by atoms with Crippen LogP contribution in [-0.4, -0.2) is 87.3 Å². The van der Waals surface area contributed by atoms with E-state index in [1.54, 1.807) is 0 Å². The summed E-state index contributed by atoms with van der Waals surface area (Å²) in [5, 5.41) is 9.14. The standard InChI is InChI=1S/C34H34N6O2/c41-17-15-39-11-13-40(14-12-39)16-18-42-32-9-1-24(2-10-32)33-22-31-21-29-6-5-27(36-29)19-25-3-4-26(35-25)20-28-7-8-30(37-28)23-34(33)38-31/h1-10,19-23,36,38,41H,11-18H2. The number of benzene rings is 1. The molecule has 0 unspecified atom stereocenters. The first-order valence-corrected chi connectivity index (χ1v) is 14.5. The van der Waals surface area contributed by atoms with Crippen molar-refractivity contribution in [3.63, 3.8) is 0 Å². The third kappa shape index (κ3) is 6.06. The van der Waals surface area contributed by atoms with Crippen LogP contribution in [0.15, 0.2) is 66.7 Å². The van der Waals surface area contributed by atoms with Crippen LogP contribution in [0.2, 0.25) is 0 Å². The first-order chi connectivity index (χ1) is 20.7. The lowest BCUT2D eigenvalue weighted by Crippen LogP contribution is -2.48. The number of aliphatic hydroxyl groups is 1. The van der Waals surface area contributed by atoms with Gasteiger partial charge in [0.1, 0.15) is 12.4 Å². The maximum atomic E-state index is 9.14. The normalized spacial score (nSPS) is 15.4. The van der Waals surface area contributed by atoms with Crippen LogP contribution in [0.5, 0.6) is 5.75 Å². The van der Waals surface area contributed by atoms with Crippen LogP contribution in [0, 0.1) is 0 Å². The number of aromatic nitrogens is 4. The number of rotatable bonds is 7. The van der Waals surface area contributed by atoms with E-state index < -0.39 is 0 Å². The molecule has 1 fully saturated rings. The minimum absolute atomic E-state index is 0.228. The number of hydrogen-bond donors (Lipinski definition) is 3. The van der Waals surface area contributed by atoms with Crippen LogP contribution in [-0.2, 0) is 0 Å². The van der Waals surface area contributed by atoms with Gasteiger partial charge in [0.2, 0.25) is 0 Å². The Morgan fingerprint density at radius 1 is 0.643 bits per heavy atom. The van der Waals surface area contributed by atoms with Crippen molar-refractivity contribution in [2.75, 3.05) is 52.5 Å². The van der Waals surface area contributed by atoms with Crippen LogP contribution in [0.1, 0.15) is 22.8 Å². The van der Waals surface area contributed by atoms with Crippen molar-refractivity contribution in [3.8, 4) is 16.9 Å². The second-order valence-electron chi connectivity index (χ2n) is 10.9. The number of H-pyrrole nitrogens is 2. The number of hydrogen-bond acceptors (Lipinski definition) is 6. The molecule has 0 saturated carbocycles. The number of nitrogens with one attached hydrogen (secondary N) is 2. The van der Waals surface area contributed by atoms with E-state index in [1.165, 1.54) is 0 Å². The Morgan fingerprint density at radius 2 is 1.26 bits per heavy atom. The predicted octanol–water partition coefficient (Wildman–Crippen LogP) is 5.31. The van der Waals surface area contributed by atoms with E-state index in [1.807, 2.05) is 48.6 Å². The number of β-amino-alcohol motifs (C(OH)–C–C–N with tert-alkyl or cyclic N) is 1. The molecule has 7 rings (SSSR count). The highest BCUT2D eigenvalue weighted by Crippen LogP contribution is 2.29. The van der Waals surface area contributed by atoms with E-state index in [0.717, 1.165) is 101 Å². The van der Waals surface area contributed by atoms with Gasteiger partial charge >= 0.3 is 0 Å². The maximum Gasteiger partial charge on any atom is 0.119 e. The van der Waals surface area contributed by atoms with Gasteiger partial charge in [-0.25, -0.2) is 9.97 Å². The van der Waals surface area contributed by atoms with Crippen LogP contribution < -0.4 is 4.74 Å². The predicted molar refractivity (Wildman–Crippen MR) is 170 cm³/mol. The third-order valence-corrected chi connectivity index (χ3v) is 7.89. The monoisotopic (exact) mass is 558 g/mol.